The van der Waals surface area contributed by atoms with Gasteiger partial charge in [-0.1, -0.05) is 0 Å². The normalized spacial score (nSPS) is 20.1. The molecule has 10 aromatic carbocycles. The van der Waals surface area contributed by atoms with Gasteiger partial charge in [0, 0.05) is 34.4 Å². The first-order valence-electron chi connectivity index (χ1n) is 37.1. The van der Waals surface area contributed by atoms with E-state index in [-0.39, 0.29) is 48.5 Å². The molecule has 0 aliphatic carbocycles. The minimum absolute atomic E-state index is 0.110. The predicted octanol–water partition coefficient (Wildman–Crippen LogP) is 4.13. The van der Waals surface area contributed by atoms with Crippen LogP contribution < -0.4 is 9.47 Å². The molecule has 2 fully saturated rings. The van der Waals surface area contributed by atoms with E-state index in [1.165, 1.54) is 0 Å². The number of cyclic esters (lactones) is 2. The lowest BCUT2D eigenvalue weighted by Gasteiger charge is -2.43. The second-order valence-electron chi connectivity index (χ2n) is 28.9. The van der Waals surface area contributed by atoms with Gasteiger partial charge in [-0.05, 0) is 72.8 Å². The van der Waals surface area contributed by atoms with Crippen LogP contribution in [0.4, 0.5) is 0 Å². The van der Waals surface area contributed by atoms with E-state index < -0.39 is 396 Å². The summed E-state index contributed by atoms with van der Waals surface area (Å²) < 4.78 is 80.1. The second kappa shape index (κ2) is 33.2. The van der Waals surface area contributed by atoms with E-state index in [9.17, 15) is 162 Å². The number of hydrogen-bond donors (Lipinski definition) is 28. The molecule has 18 rings (SSSR count). The van der Waals surface area contributed by atoms with E-state index in [0.29, 0.717) is 36.4 Å². The molecule has 52 nitrogen and oxygen atoms in total. The third kappa shape index (κ3) is 15.4. The van der Waals surface area contributed by atoms with Gasteiger partial charge in [0.2, 0.25) is 82.3 Å². The summed E-state index contributed by atoms with van der Waals surface area (Å²) in [6.45, 7) is -3.15. The summed E-state index contributed by atoms with van der Waals surface area (Å²) in [5, 5.41) is 311. The van der Waals surface area contributed by atoms with Gasteiger partial charge in [0.05, 0.1) is 44.5 Å². The molecule has 0 amide bonds. The quantitative estimate of drug-likeness (QED) is 0.0669. The molecular formula is C82H56O52. The molecule has 8 aliphatic rings. The standard InChI is InChI=1S/C82H56O52/c83-27-1-17(2-28(84)48(27)97)71(111)129-67-65-41(15-121-75(115)21-9-31(87)50(99)56(105)43(21)45-23(77(117)127-65)11-33(89)52(101)58(45)107)124-81-69(67)131-79(119)25-14-40(55(104)60(109)47(25)96)123-63-36(92)5-19(6-37(63)93)73(113)134-82-70(132-80(120)26-13-35(91)54(103)61(110)62(26)126-64-38(94)7-20(8-39(64)95)74(114)133-81)68(130-72(112)18-3-29(85)49(98)30(86)4-18)66-42(125-82)16-122-76(116)22-10-32(88)51(100)57(106)44(22)46-24(78(118)128-66)12-34(90)53(102)59(46)108/h1-14,41-42,65-70,81-110H,15-16H2/t41-,42-,65-,66-,67-,68-,69-,70-,81+,82-/m1/s1. The number of ether oxygens (including phenoxy) is 14. The number of carbonyl (C=O) groups is 10. The molecule has 0 saturated carbocycles. The van der Waals surface area contributed by atoms with Crippen LogP contribution >= 0.6 is 0 Å². The van der Waals surface area contributed by atoms with E-state index >= 15 is 28.8 Å². The van der Waals surface area contributed by atoms with Crippen LogP contribution in [-0.2, 0) is 56.8 Å². The van der Waals surface area contributed by atoms with Crippen molar-refractivity contribution < 1.29 is 257 Å². The monoisotopic (exact) mass is 1870 g/mol. The van der Waals surface area contributed by atoms with Crippen LogP contribution in [-0.4, -0.2) is 277 Å². The van der Waals surface area contributed by atoms with Gasteiger partial charge in [0.15, 0.2) is 151 Å². The van der Waals surface area contributed by atoms with Crippen molar-refractivity contribution in [3.63, 3.8) is 0 Å². The summed E-state index contributed by atoms with van der Waals surface area (Å²) >= 11 is 0. The van der Waals surface area contributed by atoms with Gasteiger partial charge in [0.25, 0.3) is 0 Å². The van der Waals surface area contributed by atoms with Crippen molar-refractivity contribution in [3.8, 4) is 206 Å². The molecular weight excluding hydrogens is 1820 g/mol. The van der Waals surface area contributed by atoms with Gasteiger partial charge in [-0.3, -0.25) is 0 Å². The van der Waals surface area contributed by atoms with Crippen LogP contribution in [0.3, 0.4) is 0 Å². The fourth-order valence-corrected chi connectivity index (χ4v) is 14.2. The Labute approximate surface area is 735 Å². The number of phenolic OH excluding ortho intramolecular Hbond substituents is 28. The van der Waals surface area contributed by atoms with E-state index in [1.807, 2.05) is 0 Å². The number of hydrogen-bond acceptors (Lipinski definition) is 52. The van der Waals surface area contributed by atoms with E-state index in [1.54, 1.807) is 0 Å². The largest absolute Gasteiger partial charge is 0.504 e. The lowest BCUT2D eigenvalue weighted by Crippen LogP contribution is -2.63. The summed E-state index contributed by atoms with van der Waals surface area (Å²) in [5.41, 5.74) is -17.9. The van der Waals surface area contributed by atoms with Gasteiger partial charge in [-0.25, -0.2) is 47.9 Å². The third-order valence-electron chi connectivity index (χ3n) is 20.7. The Balaban J connectivity index is 0.906. The Morgan fingerprint density at radius 1 is 0.246 bits per heavy atom. The zero-order chi connectivity index (χ0) is 97.3. The Hall–Kier alpha value is -19.2. The summed E-state index contributed by atoms with van der Waals surface area (Å²) in [5.74, 6) is -69.6. The Morgan fingerprint density at radius 2 is 0.537 bits per heavy atom. The smallest absolute Gasteiger partial charge is 0.342 e. The van der Waals surface area contributed by atoms with Crippen LogP contribution in [0.1, 0.15) is 104 Å². The Bertz CT molecular complexity index is 6730. The average Bonchev–Trinajstić information content (AvgIpc) is 1.30. The first kappa shape index (κ1) is 89.6. The Kier molecular flexibility index (Phi) is 22.2. The Morgan fingerprint density at radius 3 is 0.888 bits per heavy atom. The second-order valence-corrected chi connectivity index (χ2v) is 28.9. The first-order valence-corrected chi connectivity index (χ1v) is 37.1. The molecule has 10 aromatic rings. The highest BCUT2D eigenvalue weighted by atomic mass is 16.8. The van der Waals surface area contributed by atoms with Crippen molar-refractivity contribution >= 4 is 59.7 Å². The highest BCUT2D eigenvalue weighted by molar-refractivity contribution is 6.11. The van der Waals surface area contributed by atoms with Crippen LogP contribution in [0, 0.1) is 0 Å². The summed E-state index contributed by atoms with van der Waals surface area (Å²) in [4.78, 5) is 150. The number of fused-ring (bicyclic) bond motifs is 8. The SMILES string of the molecule is O=C1O[C@@H]2O[C@@H]3COC(=O)c4cc(O)c(O)c(O)c4-c4c(cc(O)c(O)c4O)C(=O)O[C@H]3[C@@H](OC(=O)c3cc(O)c(O)c(O)c3)[C@H]2OC(=O)c2cc(c(O)c(O)c2O)Oc2c(O)cc(cc2O)C(=O)O[C@H]2O[C@@H]3COC(=O)c4cc(O)c(O)c(O)c4-c4c(cc(O)c(O)c4O)C(=O)O[C@H]3[C@@H](OC(=O)c3cc(O)c(O)c(O)c3)[C@H]2OC(=O)c2cc(O)c(O)c(O)c2Oc2c(O)cc1cc2O. The lowest BCUT2D eigenvalue weighted by atomic mass is 9.92. The molecule has 10 atom stereocenters. The molecule has 8 aliphatic heterocycles. The van der Waals surface area contributed by atoms with Gasteiger partial charge in [0.1, 0.15) is 36.5 Å². The molecule has 696 valence electrons. The lowest BCUT2D eigenvalue weighted by molar-refractivity contribution is -0.282. The van der Waals surface area contributed by atoms with Crippen LogP contribution in [0.2, 0.25) is 0 Å². The summed E-state index contributed by atoms with van der Waals surface area (Å²) in [7, 11) is 0. The van der Waals surface area contributed by atoms with Gasteiger partial charge >= 0.3 is 59.7 Å². The number of aromatic hydroxyl groups is 28. The maximum Gasteiger partial charge on any atom is 0.342 e. The van der Waals surface area contributed by atoms with Gasteiger partial charge in [-0.15, -0.1) is 0 Å². The van der Waals surface area contributed by atoms with Crippen LogP contribution in [0.15, 0.2) is 84.9 Å². The highest BCUT2D eigenvalue weighted by Gasteiger charge is 2.58. The fraction of sp³-hybridized carbons (Fsp3) is 0.146. The van der Waals surface area contributed by atoms with Crippen molar-refractivity contribution in [1.82, 2.24) is 0 Å². The maximum atomic E-state index is 15.5. The van der Waals surface area contributed by atoms with Crippen molar-refractivity contribution in [2.24, 2.45) is 0 Å². The van der Waals surface area contributed by atoms with Gasteiger partial charge < -0.3 is 209 Å². The number of rotatable bonds is 4. The van der Waals surface area contributed by atoms with E-state index in [0.717, 1.165) is 0 Å². The molecule has 0 unspecified atom stereocenters. The molecule has 0 spiro atoms. The summed E-state index contributed by atoms with van der Waals surface area (Å²) in [6.07, 6.45) is -29.2. The van der Waals surface area contributed by atoms with Crippen molar-refractivity contribution in [2.45, 2.75) is 61.4 Å². The van der Waals surface area contributed by atoms with Crippen LogP contribution in [0.5, 0.6) is 184 Å². The number of esters is 10. The zero-order valence-corrected chi connectivity index (χ0v) is 65.6. The van der Waals surface area contributed by atoms with Crippen molar-refractivity contribution in [3.05, 3.63) is 141 Å². The van der Waals surface area contributed by atoms with Gasteiger partial charge in [-0.2, -0.15) is 0 Å². The third-order valence-corrected chi connectivity index (χ3v) is 20.7. The first-order chi connectivity index (χ1) is 63.1. The topological polar surface area (TPSA) is 866 Å². The van der Waals surface area contributed by atoms with E-state index in [2.05, 4.69) is 0 Å². The molecule has 0 radical (unpaired) electrons. The molecule has 6 bridgehead atoms. The molecule has 0 aromatic heterocycles. The minimum Gasteiger partial charge on any atom is -0.504 e. The van der Waals surface area contributed by atoms with Crippen LogP contribution in [0.25, 0.3) is 22.3 Å². The fourth-order valence-electron chi connectivity index (χ4n) is 14.2. The van der Waals surface area contributed by atoms with Crippen molar-refractivity contribution in [2.75, 3.05) is 13.2 Å². The average molecular weight is 1870 g/mol. The number of benzene rings is 10. The zero-order valence-electron chi connectivity index (χ0n) is 65.6. The minimum atomic E-state index is -3.11. The summed E-state index contributed by atoms with van der Waals surface area (Å²) in [6, 6.07) is 3.83. The number of phenols is 28. The molecule has 2 saturated heterocycles. The number of carbonyl (C=O) groups excluding carboxylic acids is 10. The molecule has 134 heavy (non-hydrogen) atoms. The highest BCUT2D eigenvalue weighted by Crippen LogP contribution is 2.59. The molecule has 28 N–H and O–H groups in total. The van der Waals surface area contributed by atoms with Crippen molar-refractivity contribution in [1.29, 1.82) is 0 Å². The molecule has 8 heterocycles. The maximum absolute atomic E-state index is 15.5. The predicted molar refractivity (Wildman–Crippen MR) is 413 cm³/mol. The molecule has 52 heteroatoms. The van der Waals surface area contributed by atoms with E-state index in [4.69, 9.17) is 66.3 Å².